The first-order valence-electron chi connectivity index (χ1n) is 14.9. The zero-order valence-electron chi connectivity index (χ0n) is 24.1. The summed E-state index contributed by atoms with van der Waals surface area (Å²) in [5.41, 5.74) is 4.06. The van der Waals surface area contributed by atoms with E-state index in [2.05, 4.69) is 30.6 Å². The quantitative estimate of drug-likeness (QED) is 0.336. The summed E-state index contributed by atoms with van der Waals surface area (Å²) < 4.78 is 30.2. The maximum absolute atomic E-state index is 13.6. The zero-order chi connectivity index (χ0) is 29.0. The molecule has 4 aromatic rings. The highest BCUT2D eigenvalue weighted by Gasteiger charge is 2.29. The van der Waals surface area contributed by atoms with Crippen LogP contribution in [0.25, 0.3) is 16.6 Å². The number of imidazole rings is 1. The van der Waals surface area contributed by atoms with Crippen molar-refractivity contribution in [3.05, 3.63) is 47.7 Å². The molecule has 0 spiro atoms. The molecule has 222 valence electrons. The normalized spacial score (nSPS) is 20.0. The molecule has 2 N–H and O–H groups in total. The number of carbonyl (C=O) groups is 1. The van der Waals surface area contributed by atoms with Crippen LogP contribution in [-0.4, -0.2) is 80.3 Å². The van der Waals surface area contributed by atoms with Crippen LogP contribution in [0, 0.1) is 6.92 Å². The molecule has 1 aromatic carbocycles. The predicted molar refractivity (Wildman–Crippen MR) is 161 cm³/mol. The van der Waals surface area contributed by atoms with E-state index in [1.165, 1.54) is 17.1 Å². The van der Waals surface area contributed by atoms with Crippen LogP contribution < -0.4 is 15.5 Å². The fourth-order valence-corrected chi connectivity index (χ4v) is 7.82. The first-order valence-corrected chi connectivity index (χ1v) is 16.5. The van der Waals surface area contributed by atoms with Crippen LogP contribution in [0.5, 0.6) is 0 Å². The monoisotopic (exact) mass is 591 g/mol. The molecule has 1 aliphatic carbocycles. The summed E-state index contributed by atoms with van der Waals surface area (Å²) in [5, 5.41) is 12.3. The van der Waals surface area contributed by atoms with Crippen molar-refractivity contribution in [2.75, 3.05) is 35.6 Å². The number of anilines is 2. The maximum atomic E-state index is 13.6. The number of piperidine rings is 1. The molecular weight excluding hydrogens is 554 g/mol. The van der Waals surface area contributed by atoms with Gasteiger partial charge < -0.3 is 19.9 Å². The Hall–Kier alpha value is -3.55. The Morgan fingerprint density at radius 3 is 2.55 bits per heavy atom. The SMILES string of the molecule is Cc1cn2cc(NC(=O)c3ccc(N4CCC(NC5CC5)CC4)c4cn(C)nc34)nc2c(CN2CCCCS2(=O)=O)n1. The van der Waals surface area contributed by atoms with Gasteiger partial charge in [-0.15, -0.1) is 0 Å². The molecule has 3 aliphatic rings. The van der Waals surface area contributed by atoms with Gasteiger partial charge in [-0.25, -0.2) is 13.4 Å². The van der Waals surface area contributed by atoms with Gasteiger partial charge in [-0.3, -0.25) is 14.5 Å². The molecule has 12 nitrogen and oxygen atoms in total. The molecule has 1 saturated carbocycles. The van der Waals surface area contributed by atoms with Crippen LogP contribution in [0.15, 0.2) is 30.7 Å². The largest absolute Gasteiger partial charge is 0.371 e. The number of hydrogen-bond donors (Lipinski definition) is 2. The van der Waals surface area contributed by atoms with E-state index in [9.17, 15) is 13.2 Å². The third kappa shape index (κ3) is 5.36. The molecule has 2 saturated heterocycles. The first kappa shape index (κ1) is 27.3. The minimum absolute atomic E-state index is 0.154. The van der Waals surface area contributed by atoms with Gasteiger partial charge in [0.25, 0.3) is 5.91 Å². The van der Waals surface area contributed by atoms with Crippen LogP contribution in [0.1, 0.15) is 60.3 Å². The van der Waals surface area contributed by atoms with Gasteiger partial charge in [-0.1, -0.05) is 0 Å². The summed E-state index contributed by atoms with van der Waals surface area (Å²) in [5.74, 6) is 0.223. The van der Waals surface area contributed by atoms with Crippen molar-refractivity contribution in [1.29, 1.82) is 0 Å². The number of nitrogens with one attached hydrogen (secondary N) is 2. The Kier molecular flexibility index (Phi) is 6.90. The number of nitrogens with zero attached hydrogens (tertiary/aromatic N) is 7. The third-order valence-corrected chi connectivity index (χ3v) is 10.4. The van der Waals surface area contributed by atoms with E-state index in [4.69, 9.17) is 0 Å². The molecule has 42 heavy (non-hydrogen) atoms. The van der Waals surface area contributed by atoms with E-state index in [1.54, 1.807) is 15.3 Å². The summed E-state index contributed by atoms with van der Waals surface area (Å²) in [6.45, 7) is 4.42. The average molecular weight is 592 g/mol. The van der Waals surface area contributed by atoms with Crippen molar-refractivity contribution in [3.8, 4) is 0 Å². The van der Waals surface area contributed by atoms with E-state index in [1.807, 2.05) is 38.5 Å². The highest BCUT2D eigenvalue weighted by Crippen LogP contribution is 2.32. The van der Waals surface area contributed by atoms with Crippen LogP contribution in [-0.2, 0) is 23.6 Å². The molecule has 13 heteroatoms. The molecule has 5 heterocycles. The lowest BCUT2D eigenvalue weighted by Gasteiger charge is -2.34. The number of fused-ring (bicyclic) bond motifs is 2. The van der Waals surface area contributed by atoms with Gasteiger partial charge in [0.1, 0.15) is 5.52 Å². The molecule has 1 amide bonds. The zero-order valence-corrected chi connectivity index (χ0v) is 24.9. The van der Waals surface area contributed by atoms with Gasteiger partial charge in [0.05, 0.1) is 35.4 Å². The topological polar surface area (TPSA) is 130 Å². The molecule has 2 aliphatic heterocycles. The summed E-state index contributed by atoms with van der Waals surface area (Å²) >= 11 is 0. The molecule has 3 aromatic heterocycles. The Morgan fingerprint density at radius 1 is 1.00 bits per heavy atom. The third-order valence-electron chi connectivity index (χ3n) is 8.55. The minimum atomic E-state index is -3.32. The Balaban J connectivity index is 1.13. The van der Waals surface area contributed by atoms with Crippen LogP contribution in [0.2, 0.25) is 0 Å². The van der Waals surface area contributed by atoms with Crippen molar-refractivity contribution in [2.45, 2.75) is 64.1 Å². The van der Waals surface area contributed by atoms with Gasteiger partial charge >= 0.3 is 0 Å². The summed E-state index contributed by atoms with van der Waals surface area (Å²) in [4.78, 5) is 25.2. The van der Waals surface area contributed by atoms with Crippen LogP contribution in [0.3, 0.4) is 0 Å². The number of aryl methyl sites for hydroxylation is 2. The predicted octanol–water partition coefficient (Wildman–Crippen LogP) is 2.82. The number of rotatable bonds is 7. The van der Waals surface area contributed by atoms with Crippen molar-refractivity contribution < 1.29 is 13.2 Å². The molecule has 7 rings (SSSR count). The second-order valence-corrected chi connectivity index (χ2v) is 14.0. The highest BCUT2D eigenvalue weighted by molar-refractivity contribution is 7.89. The number of hydrogen-bond acceptors (Lipinski definition) is 8. The fraction of sp³-hybridized carbons (Fsp3) is 0.517. The van der Waals surface area contributed by atoms with Crippen molar-refractivity contribution in [1.82, 2.24) is 33.8 Å². The first-order chi connectivity index (χ1) is 20.2. The van der Waals surface area contributed by atoms with Gasteiger partial charge in [-0.2, -0.15) is 9.40 Å². The smallest absolute Gasteiger partial charge is 0.259 e. The van der Waals surface area contributed by atoms with E-state index in [0.717, 1.165) is 55.2 Å². The molecule has 0 unspecified atom stereocenters. The Morgan fingerprint density at radius 2 is 1.79 bits per heavy atom. The second-order valence-electron chi connectivity index (χ2n) is 11.9. The number of amides is 1. The Labute approximate surface area is 245 Å². The molecule has 0 radical (unpaired) electrons. The Bertz CT molecular complexity index is 1770. The maximum Gasteiger partial charge on any atom is 0.259 e. The second kappa shape index (κ2) is 10.6. The molecule has 3 fully saturated rings. The number of sulfonamides is 1. The average Bonchev–Trinajstić information content (AvgIpc) is 3.53. The van der Waals surface area contributed by atoms with E-state index < -0.39 is 10.0 Å². The fourth-order valence-electron chi connectivity index (χ4n) is 6.27. The van der Waals surface area contributed by atoms with Gasteiger partial charge in [0, 0.05) is 62.2 Å². The molecule has 0 atom stereocenters. The lowest BCUT2D eigenvalue weighted by molar-refractivity contribution is 0.102. The van der Waals surface area contributed by atoms with Crippen LogP contribution >= 0.6 is 0 Å². The number of benzene rings is 1. The number of carbonyl (C=O) groups excluding carboxylic acids is 1. The van der Waals surface area contributed by atoms with Crippen LogP contribution in [0.4, 0.5) is 11.5 Å². The van der Waals surface area contributed by atoms with Gasteiger partial charge in [-0.05, 0) is 57.6 Å². The summed E-state index contributed by atoms with van der Waals surface area (Å²) in [7, 11) is -1.44. The standard InChI is InChI=1S/C29H37N9O3S/c1-19-15-37-18-26(32-28(37)24(30-19)17-38-11-3-4-14-42(38,40)41)33-29(39)22-7-8-25(23-16-35(2)34-27(22)23)36-12-9-21(10-13-36)31-20-5-6-20/h7-8,15-16,18,20-21,31H,3-6,9-14,17H2,1-2H3,(H,33,39). The highest BCUT2D eigenvalue weighted by atomic mass is 32.2. The van der Waals surface area contributed by atoms with E-state index in [0.29, 0.717) is 47.2 Å². The van der Waals surface area contributed by atoms with Gasteiger partial charge in [0.15, 0.2) is 11.5 Å². The summed E-state index contributed by atoms with van der Waals surface area (Å²) in [6.07, 6.45) is 11.9. The lowest BCUT2D eigenvalue weighted by Crippen LogP contribution is -2.43. The van der Waals surface area contributed by atoms with E-state index in [-0.39, 0.29) is 18.2 Å². The van der Waals surface area contributed by atoms with Crippen molar-refractivity contribution in [3.63, 3.8) is 0 Å². The van der Waals surface area contributed by atoms with Crippen molar-refractivity contribution >= 4 is 44.0 Å². The summed E-state index contributed by atoms with van der Waals surface area (Å²) in [6, 6.07) is 5.18. The number of aromatic nitrogens is 5. The molecule has 0 bridgehead atoms. The minimum Gasteiger partial charge on any atom is -0.371 e. The van der Waals surface area contributed by atoms with E-state index >= 15 is 0 Å². The van der Waals surface area contributed by atoms with Gasteiger partial charge in [0.2, 0.25) is 10.0 Å². The molecular formula is C29H37N9O3S. The lowest BCUT2D eigenvalue weighted by atomic mass is 10.0. The van der Waals surface area contributed by atoms with Crippen molar-refractivity contribution in [2.24, 2.45) is 7.05 Å².